The van der Waals surface area contributed by atoms with Gasteiger partial charge in [-0.05, 0) is 48.9 Å². The van der Waals surface area contributed by atoms with Gasteiger partial charge in [0.1, 0.15) is 6.04 Å². The van der Waals surface area contributed by atoms with Crippen LogP contribution in [0, 0.1) is 11.8 Å². The van der Waals surface area contributed by atoms with E-state index < -0.39 is 21.8 Å². The molecule has 1 N–H and O–H groups in total. The molecule has 1 saturated carbocycles. The summed E-state index contributed by atoms with van der Waals surface area (Å²) in [6, 6.07) is 5.00. The Morgan fingerprint density at radius 1 is 1.21 bits per heavy atom. The molecule has 1 aliphatic heterocycles. The number of carboxylic acids is 1. The van der Waals surface area contributed by atoms with Crippen molar-refractivity contribution in [3.8, 4) is 0 Å². The van der Waals surface area contributed by atoms with Gasteiger partial charge in [0.2, 0.25) is 0 Å². The summed E-state index contributed by atoms with van der Waals surface area (Å²) in [6.07, 6.45) is 2.83. The minimum Gasteiger partial charge on any atom is -0.480 e. The van der Waals surface area contributed by atoms with Crippen molar-refractivity contribution in [3.63, 3.8) is 0 Å². The molecule has 2 aliphatic rings. The van der Waals surface area contributed by atoms with Gasteiger partial charge in [-0.1, -0.05) is 13.3 Å². The SMILES string of the molecule is CCS(=O)(=O)c1ccc(C(=O)N2CC3CCCC3C2C(=O)O)cc1. The molecule has 0 radical (unpaired) electrons. The predicted octanol–water partition coefficient (Wildman–Crippen LogP) is 1.81. The lowest BCUT2D eigenvalue weighted by atomic mass is 9.94. The van der Waals surface area contributed by atoms with Crippen molar-refractivity contribution in [3.05, 3.63) is 29.8 Å². The number of benzene rings is 1. The van der Waals surface area contributed by atoms with Gasteiger partial charge in [-0.3, -0.25) is 4.79 Å². The molecule has 6 nitrogen and oxygen atoms in total. The fraction of sp³-hybridized carbons (Fsp3) is 0.529. The summed E-state index contributed by atoms with van der Waals surface area (Å²) in [5.41, 5.74) is 0.330. The summed E-state index contributed by atoms with van der Waals surface area (Å²) in [7, 11) is -3.32. The first-order valence-electron chi connectivity index (χ1n) is 8.21. The molecule has 1 heterocycles. The zero-order valence-electron chi connectivity index (χ0n) is 13.5. The Morgan fingerprint density at radius 3 is 2.46 bits per heavy atom. The first-order valence-corrected chi connectivity index (χ1v) is 9.87. The number of nitrogens with zero attached hydrogens (tertiary/aromatic N) is 1. The summed E-state index contributed by atoms with van der Waals surface area (Å²) in [5.74, 6) is -1.00. The Labute approximate surface area is 141 Å². The molecule has 0 spiro atoms. The number of carbonyl (C=O) groups excluding carboxylic acids is 1. The van der Waals surface area contributed by atoms with E-state index in [1.165, 1.54) is 29.2 Å². The smallest absolute Gasteiger partial charge is 0.326 e. The van der Waals surface area contributed by atoms with Crippen molar-refractivity contribution in [2.24, 2.45) is 11.8 Å². The monoisotopic (exact) mass is 351 g/mol. The van der Waals surface area contributed by atoms with Gasteiger partial charge in [0.05, 0.1) is 10.6 Å². The first-order chi connectivity index (χ1) is 11.3. The number of aliphatic carboxylic acids is 1. The number of sulfone groups is 1. The van der Waals surface area contributed by atoms with E-state index >= 15 is 0 Å². The second-order valence-corrected chi connectivity index (χ2v) is 8.80. The van der Waals surface area contributed by atoms with Crippen LogP contribution in [0.1, 0.15) is 36.5 Å². The number of carbonyl (C=O) groups is 2. The highest BCUT2D eigenvalue weighted by atomic mass is 32.2. The van der Waals surface area contributed by atoms with E-state index in [1.807, 2.05) is 0 Å². The average molecular weight is 351 g/mol. The Morgan fingerprint density at radius 2 is 1.88 bits per heavy atom. The van der Waals surface area contributed by atoms with Crippen LogP contribution in [-0.2, 0) is 14.6 Å². The van der Waals surface area contributed by atoms with Crippen LogP contribution in [0.25, 0.3) is 0 Å². The number of fused-ring (bicyclic) bond motifs is 1. The molecule has 2 fully saturated rings. The number of hydrogen-bond donors (Lipinski definition) is 1. The summed E-state index contributed by atoms with van der Waals surface area (Å²) in [5, 5.41) is 9.54. The van der Waals surface area contributed by atoms with Crippen LogP contribution in [0.4, 0.5) is 0 Å². The van der Waals surface area contributed by atoms with Crippen LogP contribution < -0.4 is 0 Å². The summed E-state index contributed by atoms with van der Waals surface area (Å²) < 4.78 is 23.7. The number of amides is 1. The molecule has 3 atom stereocenters. The molecule has 130 valence electrons. The molecule has 7 heteroatoms. The largest absolute Gasteiger partial charge is 0.480 e. The molecule has 1 amide bonds. The number of likely N-dealkylation sites (tertiary alicyclic amines) is 1. The van der Waals surface area contributed by atoms with Gasteiger partial charge >= 0.3 is 5.97 Å². The number of carboxylic acid groups (broad SMARTS) is 1. The molecule has 3 rings (SSSR count). The minimum atomic E-state index is -3.32. The normalized spacial score (nSPS) is 26.4. The summed E-state index contributed by atoms with van der Waals surface area (Å²) in [4.78, 5) is 26.0. The van der Waals surface area contributed by atoms with Gasteiger partial charge in [-0.25, -0.2) is 13.2 Å². The van der Waals surface area contributed by atoms with Gasteiger partial charge in [-0.15, -0.1) is 0 Å². The molecular formula is C17H21NO5S. The molecule has 1 aliphatic carbocycles. The predicted molar refractivity (Wildman–Crippen MR) is 87.5 cm³/mol. The number of hydrogen-bond acceptors (Lipinski definition) is 4. The maximum Gasteiger partial charge on any atom is 0.326 e. The van der Waals surface area contributed by atoms with Crippen molar-refractivity contribution in [1.29, 1.82) is 0 Å². The molecule has 1 aromatic carbocycles. The van der Waals surface area contributed by atoms with Crippen molar-refractivity contribution < 1.29 is 23.1 Å². The third kappa shape index (κ3) is 2.81. The van der Waals surface area contributed by atoms with E-state index in [1.54, 1.807) is 6.92 Å². The zero-order valence-corrected chi connectivity index (χ0v) is 14.3. The fourth-order valence-corrected chi connectivity index (χ4v) is 4.85. The molecule has 3 unspecified atom stereocenters. The highest BCUT2D eigenvalue weighted by molar-refractivity contribution is 7.91. The van der Waals surface area contributed by atoms with Crippen molar-refractivity contribution in [1.82, 2.24) is 4.90 Å². The van der Waals surface area contributed by atoms with Crippen molar-refractivity contribution in [2.45, 2.75) is 37.1 Å². The van der Waals surface area contributed by atoms with E-state index in [0.717, 1.165) is 19.3 Å². The molecular weight excluding hydrogens is 330 g/mol. The van der Waals surface area contributed by atoms with Crippen molar-refractivity contribution >= 4 is 21.7 Å². The Hall–Kier alpha value is -1.89. The summed E-state index contributed by atoms with van der Waals surface area (Å²) >= 11 is 0. The minimum absolute atomic E-state index is 0.00311. The second kappa shape index (κ2) is 6.20. The standard InChI is InChI=1S/C17H21NO5S/c1-2-24(22,23)13-8-6-11(7-9-13)16(19)18-10-12-4-3-5-14(12)15(18)17(20)21/h6-9,12,14-15H,2-5,10H2,1H3,(H,20,21). The Kier molecular flexibility index (Phi) is 4.38. The second-order valence-electron chi connectivity index (χ2n) is 6.52. The van der Waals surface area contributed by atoms with E-state index in [2.05, 4.69) is 0 Å². The maximum absolute atomic E-state index is 12.7. The van der Waals surface area contributed by atoms with Crippen molar-refractivity contribution in [2.75, 3.05) is 12.3 Å². The zero-order chi connectivity index (χ0) is 17.5. The van der Waals surface area contributed by atoms with Crippen LogP contribution in [0.2, 0.25) is 0 Å². The topological polar surface area (TPSA) is 91.8 Å². The quantitative estimate of drug-likeness (QED) is 0.893. The van der Waals surface area contributed by atoms with Gasteiger partial charge in [-0.2, -0.15) is 0 Å². The fourth-order valence-electron chi connectivity index (χ4n) is 3.97. The summed E-state index contributed by atoms with van der Waals surface area (Å²) in [6.45, 7) is 2.03. The lowest BCUT2D eigenvalue weighted by molar-refractivity contribution is -0.142. The lowest BCUT2D eigenvalue weighted by Crippen LogP contribution is -2.43. The Balaban J connectivity index is 1.85. The molecule has 1 aromatic rings. The highest BCUT2D eigenvalue weighted by Crippen LogP contribution is 2.42. The van der Waals surface area contributed by atoms with Gasteiger partial charge in [0, 0.05) is 12.1 Å². The van der Waals surface area contributed by atoms with E-state index in [9.17, 15) is 23.1 Å². The third-order valence-electron chi connectivity index (χ3n) is 5.24. The maximum atomic E-state index is 12.7. The molecule has 0 bridgehead atoms. The highest BCUT2D eigenvalue weighted by Gasteiger charge is 2.49. The van der Waals surface area contributed by atoms with Crippen LogP contribution in [0.5, 0.6) is 0 Å². The van der Waals surface area contributed by atoms with Crippen LogP contribution >= 0.6 is 0 Å². The van der Waals surface area contributed by atoms with Crippen LogP contribution in [0.15, 0.2) is 29.2 Å². The third-order valence-corrected chi connectivity index (χ3v) is 7.00. The van der Waals surface area contributed by atoms with Crippen LogP contribution in [-0.4, -0.2) is 48.6 Å². The lowest BCUT2D eigenvalue weighted by Gasteiger charge is -2.24. The Bertz CT molecular complexity index is 756. The molecule has 0 aromatic heterocycles. The molecule has 24 heavy (non-hydrogen) atoms. The van der Waals surface area contributed by atoms with E-state index in [0.29, 0.717) is 12.1 Å². The van der Waals surface area contributed by atoms with Gasteiger partial charge in [0.25, 0.3) is 5.91 Å². The van der Waals surface area contributed by atoms with Gasteiger partial charge in [0.15, 0.2) is 9.84 Å². The van der Waals surface area contributed by atoms with E-state index in [-0.39, 0.29) is 28.4 Å². The van der Waals surface area contributed by atoms with Crippen LogP contribution in [0.3, 0.4) is 0 Å². The van der Waals surface area contributed by atoms with E-state index in [4.69, 9.17) is 0 Å². The average Bonchev–Trinajstić information content (AvgIpc) is 3.14. The number of rotatable bonds is 4. The molecule has 1 saturated heterocycles. The van der Waals surface area contributed by atoms with Gasteiger partial charge < -0.3 is 10.0 Å². The first kappa shape index (κ1) is 17.0.